The number of aromatic nitrogens is 4. The number of anilines is 1. The van der Waals surface area contributed by atoms with Gasteiger partial charge in [-0.25, -0.2) is 9.78 Å². The van der Waals surface area contributed by atoms with E-state index in [2.05, 4.69) is 42.1 Å². The predicted octanol–water partition coefficient (Wildman–Crippen LogP) is 2.52. The van der Waals surface area contributed by atoms with E-state index in [0.717, 1.165) is 37.4 Å². The maximum absolute atomic E-state index is 11.4. The van der Waals surface area contributed by atoms with Gasteiger partial charge in [0.2, 0.25) is 0 Å². The molecule has 3 aromatic rings. The van der Waals surface area contributed by atoms with Crippen LogP contribution >= 0.6 is 0 Å². The second kappa shape index (κ2) is 6.51. The van der Waals surface area contributed by atoms with Crippen LogP contribution in [-0.2, 0) is 4.74 Å². The lowest BCUT2D eigenvalue weighted by Crippen LogP contribution is -2.33. The van der Waals surface area contributed by atoms with Crippen molar-refractivity contribution in [1.82, 2.24) is 20.2 Å². The van der Waals surface area contributed by atoms with Gasteiger partial charge >= 0.3 is 5.97 Å². The third-order valence-electron chi connectivity index (χ3n) is 4.79. The van der Waals surface area contributed by atoms with Gasteiger partial charge in [0.1, 0.15) is 5.65 Å². The Hall–Kier alpha value is -2.96. The summed E-state index contributed by atoms with van der Waals surface area (Å²) < 4.78 is 4.65. The largest absolute Gasteiger partial charge is 0.464 e. The topological polar surface area (TPSA) is 84.0 Å². The Morgan fingerprint density at radius 2 is 2.08 bits per heavy atom. The summed E-state index contributed by atoms with van der Waals surface area (Å²) in [6, 6.07) is 7.59. The van der Waals surface area contributed by atoms with Crippen LogP contribution in [0.1, 0.15) is 34.8 Å². The van der Waals surface area contributed by atoms with Crippen molar-refractivity contribution < 1.29 is 9.53 Å². The van der Waals surface area contributed by atoms with E-state index in [0.29, 0.717) is 5.92 Å². The fourth-order valence-corrected chi connectivity index (χ4v) is 3.44. The fraction of sp³-hybridized carbons (Fsp3) is 0.333. The molecule has 4 heterocycles. The maximum atomic E-state index is 11.4. The van der Waals surface area contributed by atoms with Crippen molar-refractivity contribution in [3.63, 3.8) is 0 Å². The molecule has 4 rings (SSSR count). The quantitative estimate of drug-likeness (QED) is 0.739. The van der Waals surface area contributed by atoms with E-state index in [-0.39, 0.29) is 5.69 Å². The number of rotatable bonds is 3. The smallest absolute Gasteiger partial charge is 0.358 e. The number of esters is 1. The second-order valence-corrected chi connectivity index (χ2v) is 6.17. The number of nitrogens with zero attached hydrogens (tertiary/aromatic N) is 4. The van der Waals surface area contributed by atoms with Gasteiger partial charge in [0.05, 0.1) is 7.11 Å². The van der Waals surface area contributed by atoms with E-state index >= 15 is 0 Å². The van der Waals surface area contributed by atoms with Crippen LogP contribution in [0.3, 0.4) is 0 Å². The minimum atomic E-state index is -0.467. The van der Waals surface area contributed by atoms with Gasteiger partial charge in [-0.3, -0.25) is 0 Å². The van der Waals surface area contributed by atoms with Crippen LogP contribution in [0.25, 0.3) is 11.0 Å². The third kappa shape index (κ3) is 2.93. The van der Waals surface area contributed by atoms with Gasteiger partial charge in [-0.05, 0) is 48.6 Å². The molecular weight excluding hydrogens is 318 g/mol. The van der Waals surface area contributed by atoms with Gasteiger partial charge in [0, 0.05) is 30.9 Å². The molecule has 0 bridgehead atoms. The molecule has 1 fully saturated rings. The van der Waals surface area contributed by atoms with E-state index in [1.54, 1.807) is 6.07 Å². The van der Waals surface area contributed by atoms with Crippen molar-refractivity contribution in [1.29, 1.82) is 0 Å². The maximum Gasteiger partial charge on any atom is 0.358 e. The van der Waals surface area contributed by atoms with Crippen molar-refractivity contribution in [3.05, 3.63) is 47.9 Å². The highest BCUT2D eigenvalue weighted by atomic mass is 16.5. The highest BCUT2D eigenvalue weighted by molar-refractivity contribution is 5.87. The first-order valence-corrected chi connectivity index (χ1v) is 8.35. The zero-order chi connectivity index (χ0) is 17.2. The average Bonchev–Trinajstić information content (AvgIpc) is 3.12. The zero-order valence-corrected chi connectivity index (χ0v) is 14.0. The molecule has 1 saturated heterocycles. The van der Waals surface area contributed by atoms with Crippen LogP contribution in [-0.4, -0.2) is 46.3 Å². The molecule has 1 aliphatic rings. The molecule has 0 amide bonds. The number of hydrogen-bond donors (Lipinski definition) is 1. The summed E-state index contributed by atoms with van der Waals surface area (Å²) in [5.41, 5.74) is 2.52. The Labute approximate surface area is 145 Å². The van der Waals surface area contributed by atoms with Crippen LogP contribution in [0.15, 0.2) is 36.7 Å². The Morgan fingerprint density at radius 1 is 1.24 bits per heavy atom. The first-order valence-electron chi connectivity index (χ1n) is 8.35. The molecule has 1 aliphatic heterocycles. The van der Waals surface area contributed by atoms with Crippen molar-refractivity contribution >= 4 is 22.8 Å². The highest BCUT2D eigenvalue weighted by Crippen LogP contribution is 2.33. The normalized spacial score (nSPS) is 15.5. The minimum absolute atomic E-state index is 0.229. The molecule has 128 valence electrons. The minimum Gasteiger partial charge on any atom is -0.464 e. The molecule has 0 unspecified atom stereocenters. The fourth-order valence-electron chi connectivity index (χ4n) is 3.44. The van der Waals surface area contributed by atoms with Crippen molar-refractivity contribution in [2.45, 2.75) is 18.8 Å². The standard InChI is InChI=1S/C18H19N5O2/c1-25-18(24)15-4-5-16(22-21-15)23-9-6-12(7-10-23)14-11-20-17-13(14)3-2-8-19-17/h2-5,8,11-12H,6-7,9-10H2,1H3,(H,19,20). The molecule has 7 nitrogen and oxygen atoms in total. The highest BCUT2D eigenvalue weighted by Gasteiger charge is 2.24. The number of fused-ring (bicyclic) bond motifs is 1. The number of carbonyl (C=O) groups is 1. The van der Waals surface area contributed by atoms with Crippen LogP contribution in [0, 0.1) is 0 Å². The van der Waals surface area contributed by atoms with Crippen molar-refractivity contribution in [3.8, 4) is 0 Å². The van der Waals surface area contributed by atoms with Crippen molar-refractivity contribution in [2.75, 3.05) is 25.1 Å². The molecule has 0 spiro atoms. The lowest BCUT2D eigenvalue weighted by Gasteiger charge is -2.32. The molecule has 0 radical (unpaired) electrons. The number of pyridine rings is 1. The molecule has 7 heteroatoms. The summed E-state index contributed by atoms with van der Waals surface area (Å²) in [7, 11) is 1.34. The molecule has 25 heavy (non-hydrogen) atoms. The molecule has 0 atom stereocenters. The first-order chi connectivity index (χ1) is 12.3. The summed E-state index contributed by atoms with van der Waals surface area (Å²) in [6.45, 7) is 1.81. The Bertz CT molecular complexity index is 882. The summed E-state index contributed by atoms with van der Waals surface area (Å²) in [5, 5.41) is 9.33. The molecule has 0 aromatic carbocycles. The number of hydrogen-bond acceptors (Lipinski definition) is 6. The van der Waals surface area contributed by atoms with E-state index < -0.39 is 5.97 Å². The molecule has 3 aromatic heterocycles. The van der Waals surface area contributed by atoms with Crippen LogP contribution in [0.5, 0.6) is 0 Å². The lowest BCUT2D eigenvalue weighted by atomic mass is 9.89. The molecule has 0 saturated carbocycles. The van der Waals surface area contributed by atoms with E-state index in [1.165, 1.54) is 18.1 Å². The number of H-pyrrole nitrogens is 1. The lowest BCUT2D eigenvalue weighted by molar-refractivity contribution is 0.0592. The average molecular weight is 337 g/mol. The molecule has 1 N–H and O–H groups in total. The van der Waals surface area contributed by atoms with Gasteiger partial charge in [0.25, 0.3) is 0 Å². The van der Waals surface area contributed by atoms with Gasteiger partial charge in [-0.15, -0.1) is 10.2 Å². The Morgan fingerprint density at radius 3 is 2.80 bits per heavy atom. The number of piperidine rings is 1. The SMILES string of the molecule is COC(=O)c1ccc(N2CCC(c3c[nH]c4ncccc34)CC2)nn1. The zero-order valence-electron chi connectivity index (χ0n) is 14.0. The number of methoxy groups -OCH3 is 1. The second-order valence-electron chi connectivity index (χ2n) is 6.17. The van der Waals surface area contributed by atoms with Gasteiger partial charge in [-0.2, -0.15) is 0 Å². The van der Waals surface area contributed by atoms with Gasteiger partial charge < -0.3 is 14.6 Å². The van der Waals surface area contributed by atoms with E-state index in [9.17, 15) is 4.79 Å². The third-order valence-corrected chi connectivity index (χ3v) is 4.79. The predicted molar refractivity (Wildman–Crippen MR) is 93.7 cm³/mol. The number of aromatic amines is 1. The summed E-state index contributed by atoms with van der Waals surface area (Å²) >= 11 is 0. The number of carbonyl (C=O) groups excluding carboxylic acids is 1. The van der Waals surface area contributed by atoms with Crippen LogP contribution < -0.4 is 4.90 Å². The number of ether oxygens (including phenoxy) is 1. The van der Waals surface area contributed by atoms with Gasteiger partial charge in [0.15, 0.2) is 11.5 Å². The van der Waals surface area contributed by atoms with Crippen LogP contribution in [0.2, 0.25) is 0 Å². The summed E-state index contributed by atoms with van der Waals surface area (Å²) in [4.78, 5) is 21.3. The van der Waals surface area contributed by atoms with Crippen LogP contribution in [0.4, 0.5) is 5.82 Å². The Balaban J connectivity index is 1.45. The Kier molecular flexibility index (Phi) is 4.05. The van der Waals surface area contributed by atoms with E-state index in [1.807, 2.05) is 18.3 Å². The molecular formula is C18H19N5O2. The first kappa shape index (κ1) is 15.6. The molecule has 0 aliphatic carbocycles. The van der Waals surface area contributed by atoms with E-state index in [4.69, 9.17) is 0 Å². The summed E-state index contributed by atoms with van der Waals surface area (Å²) in [6.07, 6.45) is 5.98. The van der Waals surface area contributed by atoms with Crippen molar-refractivity contribution in [2.24, 2.45) is 0 Å². The monoisotopic (exact) mass is 337 g/mol. The van der Waals surface area contributed by atoms with Gasteiger partial charge in [-0.1, -0.05) is 0 Å². The summed E-state index contributed by atoms with van der Waals surface area (Å²) in [5.74, 6) is 0.842. The number of nitrogens with one attached hydrogen (secondary N) is 1.